The highest BCUT2D eigenvalue weighted by molar-refractivity contribution is 5.79. The van der Waals surface area contributed by atoms with E-state index >= 15 is 0 Å². The van der Waals surface area contributed by atoms with Crippen LogP contribution < -0.4 is 5.32 Å². The van der Waals surface area contributed by atoms with Gasteiger partial charge >= 0.3 is 0 Å². The van der Waals surface area contributed by atoms with E-state index in [1.54, 1.807) is 4.68 Å². The fourth-order valence-corrected chi connectivity index (χ4v) is 2.48. The second-order valence-electron chi connectivity index (χ2n) is 6.41. The first-order valence-electron chi connectivity index (χ1n) is 7.07. The highest BCUT2D eigenvalue weighted by Crippen LogP contribution is 2.14. The van der Waals surface area contributed by atoms with Gasteiger partial charge in [0.1, 0.15) is 12.1 Å². The summed E-state index contributed by atoms with van der Waals surface area (Å²) in [5.41, 5.74) is 1.71. The third-order valence-electron chi connectivity index (χ3n) is 3.22. The summed E-state index contributed by atoms with van der Waals surface area (Å²) in [5, 5.41) is 11.0. The molecule has 0 unspecified atom stereocenters. The average molecular weight is 289 g/mol. The third kappa shape index (κ3) is 4.26. The predicted molar refractivity (Wildman–Crippen MR) is 82.9 cm³/mol. The van der Waals surface area contributed by atoms with Crippen LogP contribution in [0.4, 0.5) is 0 Å². The van der Waals surface area contributed by atoms with Crippen LogP contribution in [0, 0.1) is 5.41 Å². The standard InChI is InChI=1S/C15H23N5O/c1-15(2,11-19(3)4)10-16-14(21)9-20-13-8-6-5-7-12(13)17-18-20/h5-8H,9-11H2,1-4H3,(H,16,21). The van der Waals surface area contributed by atoms with Gasteiger partial charge in [0, 0.05) is 13.1 Å². The molecule has 0 atom stereocenters. The maximum absolute atomic E-state index is 12.1. The quantitative estimate of drug-likeness (QED) is 0.866. The van der Waals surface area contributed by atoms with Crippen LogP contribution in [0.25, 0.3) is 11.0 Å². The lowest BCUT2D eigenvalue weighted by atomic mass is 9.93. The Kier molecular flexibility index (Phi) is 4.57. The SMILES string of the molecule is CN(C)CC(C)(C)CNC(=O)Cn1nnc2ccccc21. The molecule has 6 heteroatoms. The van der Waals surface area contributed by atoms with E-state index in [2.05, 4.69) is 34.4 Å². The largest absolute Gasteiger partial charge is 0.354 e. The maximum Gasteiger partial charge on any atom is 0.241 e. The Morgan fingerprint density at radius 3 is 2.76 bits per heavy atom. The van der Waals surface area contributed by atoms with Crippen LogP contribution in [0.2, 0.25) is 0 Å². The molecule has 1 heterocycles. The molecule has 1 aromatic carbocycles. The van der Waals surface area contributed by atoms with E-state index in [0.29, 0.717) is 6.54 Å². The lowest BCUT2D eigenvalue weighted by molar-refractivity contribution is -0.122. The first kappa shape index (κ1) is 15.4. The molecule has 2 rings (SSSR count). The van der Waals surface area contributed by atoms with Crippen LogP contribution in [-0.4, -0.2) is 53.0 Å². The molecule has 1 amide bonds. The van der Waals surface area contributed by atoms with Crippen LogP contribution >= 0.6 is 0 Å². The first-order valence-corrected chi connectivity index (χ1v) is 7.07. The summed E-state index contributed by atoms with van der Waals surface area (Å²) in [4.78, 5) is 14.2. The summed E-state index contributed by atoms with van der Waals surface area (Å²) in [6.45, 7) is 6.02. The smallest absolute Gasteiger partial charge is 0.241 e. The zero-order chi connectivity index (χ0) is 15.5. The Labute approximate surface area is 125 Å². The number of carbonyl (C=O) groups excluding carboxylic acids is 1. The van der Waals surface area contributed by atoms with Crippen LogP contribution in [0.3, 0.4) is 0 Å². The van der Waals surface area contributed by atoms with Crippen LogP contribution in [-0.2, 0) is 11.3 Å². The molecular formula is C15H23N5O. The second-order valence-corrected chi connectivity index (χ2v) is 6.41. The molecule has 0 radical (unpaired) electrons. The van der Waals surface area contributed by atoms with Crippen molar-refractivity contribution in [2.24, 2.45) is 5.41 Å². The highest BCUT2D eigenvalue weighted by atomic mass is 16.2. The van der Waals surface area contributed by atoms with Crippen molar-refractivity contribution in [1.29, 1.82) is 0 Å². The minimum atomic E-state index is -0.0440. The van der Waals surface area contributed by atoms with E-state index in [4.69, 9.17) is 0 Å². The zero-order valence-corrected chi connectivity index (χ0v) is 13.1. The fraction of sp³-hybridized carbons (Fsp3) is 0.533. The molecule has 6 nitrogen and oxygen atoms in total. The molecular weight excluding hydrogens is 266 g/mol. The van der Waals surface area contributed by atoms with Gasteiger partial charge in [-0.25, -0.2) is 4.68 Å². The van der Waals surface area contributed by atoms with Gasteiger partial charge in [-0.1, -0.05) is 31.2 Å². The Hall–Kier alpha value is -1.95. The highest BCUT2D eigenvalue weighted by Gasteiger charge is 2.20. The van der Waals surface area contributed by atoms with Crippen molar-refractivity contribution in [3.63, 3.8) is 0 Å². The molecule has 114 valence electrons. The van der Waals surface area contributed by atoms with Crippen molar-refractivity contribution in [3.05, 3.63) is 24.3 Å². The van der Waals surface area contributed by atoms with Crippen LogP contribution in [0.1, 0.15) is 13.8 Å². The molecule has 2 aromatic rings. The van der Waals surface area contributed by atoms with Crippen molar-refractivity contribution < 1.29 is 4.79 Å². The molecule has 21 heavy (non-hydrogen) atoms. The number of amides is 1. The number of carbonyl (C=O) groups is 1. The van der Waals surface area contributed by atoms with Gasteiger partial charge in [-0.2, -0.15) is 0 Å². The van der Waals surface area contributed by atoms with Crippen molar-refractivity contribution in [3.8, 4) is 0 Å². The normalized spacial score (nSPS) is 12.0. The number of nitrogens with zero attached hydrogens (tertiary/aromatic N) is 4. The van der Waals surface area contributed by atoms with Crippen molar-refractivity contribution in [2.45, 2.75) is 20.4 Å². The van der Waals surface area contributed by atoms with E-state index in [0.717, 1.165) is 17.6 Å². The summed E-state index contributed by atoms with van der Waals surface area (Å²) in [6.07, 6.45) is 0. The summed E-state index contributed by atoms with van der Waals surface area (Å²) >= 11 is 0. The monoisotopic (exact) mass is 289 g/mol. The van der Waals surface area contributed by atoms with E-state index in [9.17, 15) is 4.79 Å². The van der Waals surface area contributed by atoms with Crippen molar-refractivity contribution in [1.82, 2.24) is 25.2 Å². The number of hydrogen-bond acceptors (Lipinski definition) is 4. The maximum atomic E-state index is 12.1. The number of fused-ring (bicyclic) bond motifs is 1. The van der Waals surface area contributed by atoms with Crippen LogP contribution in [0.15, 0.2) is 24.3 Å². The molecule has 0 fully saturated rings. The van der Waals surface area contributed by atoms with Gasteiger partial charge in [-0.05, 0) is 31.6 Å². The van der Waals surface area contributed by atoms with Gasteiger partial charge in [-0.3, -0.25) is 4.79 Å². The third-order valence-corrected chi connectivity index (χ3v) is 3.22. The lowest BCUT2D eigenvalue weighted by Gasteiger charge is -2.28. The second kappa shape index (κ2) is 6.22. The van der Waals surface area contributed by atoms with E-state index < -0.39 is 0 Å². The van der Waals surface area contributed by atoms with Gasteiger partial charge < -0.3 is 10.2 Å². The number of aromatic nitrogens is 3. The predicted octanol–water partition coefficient (Wildman–Crippen LogP) is 1.14. The molecule has 0 saturated heterocycles. The van der Waals surface area contributed by atoms with Crippen LogP contribution in [0.5, 0.6) is 0 Å². The Balaban J connectivity index is 1.93. The van der Waals surface area contributed by atoms with E-state index in [1.165, 1.54) is 0 Å². The van der Waals surface area contributed by atoms with Gasteiger partial charge in [-0.15, -0.1) is 5.10 Å². The number of nitrogens with one attached hydrogen (secondary N) is 1. The van der Waals surface area contributed by atoms with Gasteiger partial charge in [0.2, 0.25) is 5.91 Å². The Morgan fingerprint density at radius 2 is 2.05 bits per heavy atom. The van der Waals surface area contributed by atoms with Gasteiger partial charge in [0.05, 0.1) is 5.52 Å². The topological polar surface area (TPSA) is 63.1 Å². The molecule has 0 spiro atoms. The Morgan fingerprint density at radius 1 is 1.33 bits per heavy atom. The molecule has 0 saturated carbocycles. The Bertz CT molecular complexity index is 617. The van der Waals surface area contributed by atoms with E-state index in [-0.39, 0.29) is 17.9 Å². The van der Waals surface area contributed by atoms with E-state index in [1.807, 2.05) is 38.4 Å². The minimum absolute atomic E-state index is 0.0313. The summed E-state index contributed by atoms with van der Waals surface area (Å²) in [6, 6.07) is 7.63. The molecule has 0 aliphatic rings. The minimum Gasteiger partial charge on any atom is -0.354 e. The number of para-hydroxylation sites is 1. The first-order chi connectivity index (χ1) is 9.87. The number of hydrogen-bond donors (Lipinski definition) is 1. The molecule has 1 N–H and O–H groups in total. The van der Waals surface area contributed by atoms with Crippen molar-refractivity contribution in [2.75, 3.05) is 27.2 Å². The summed E-state index contributed by atoms with van der Waals surface area (Å²) in [5.74, 6) is -0.0440. The molecule has 1 aromatic heterocycles. The molecule has 0 bridgehead atoms. The van der Waals surface area contributed by atoms with Crippen molar-refractivity contribution >= 4 is 16.9 Å². The zero-order valence-electron chi connectivity index (χ0n) is 13.1. The van der Waals surface area contributed by atoms with Gasteiger partial charge in [0.15, 0.2) is 0 Å². The number of benzene rings is 1. The fourth-order valence-electron chi connectivity index (χ4n) is 2.48. The average Bonchev–Trinajstić information content (AvgIpc) is 2.79. The summed E-state index contributed by atoms with van der Waals surface area (Å²) < 4.78 is 1.63. The van der Waals surface area contributed by atoms with Gasteiger partial charge in [0.25, 0.3) is 0 Å². The number of rotatable bonds is 6. The molecule has 0 aliphatic carbocycles. The lowest BCUT2D eigenvalue weighted by Crippen LogP contribution is -2.41. The molecule has 0 aliphatic heterocycles. The summed E-state index contributed by atoms with van der Waals surface area (Å²) in [7, 11) is 4.07.